The van der Waals surface area contributed by atoms with E-state index in [1.165, 1.54) is 30.7 Å². The number of nitrogens with zero attached hydrogens (tertiary/aromatic N) is 1. The van der Waals surface area contributed by atoms with Gasteiger partial charge in [-0.05, 0) is 12.1 Å². The zero-order valence-corrected chi connectivity index (χ0v) is 15.5. The van der Waals surface area contributed by atoms with Crippen LogP contribution in [0.1, 0.15) is 6.92 Å². The number of ether oxygens (including phenoxy) is 2. The van der Waals surface area contributed by atoms with Gasteiger partial charge in [-0.2, -0.15) is 0 Å². The first-order valence-electron chi connectivity index (χ1n) is 7.48. The van der Waals surface area contributed by atoms with Crippen molar-refractivity contribution >= 4 is 40.5 Å². The van der Waals surface area contributed by atoms with Gasteiger partial charge in [0.2, 0.25) is 5.91 Å². The van der Waals surface area contributed by atoms with Crippen LogP contribution >= 0.6 is 23.5 Å². The second kappa shape index (κ2) is 9.00. The van der Waals surface area contributed by atoms with Gasteiger partial charge in [-0.15, -0.1) is 11.8 Å². The highest BCUT2D eigenvalue weighted by atomic mass is 32.2. The van der Waals surface area contributed by atoms with E-state index in [2.05, 4.69) is 0 Å². The standard InChI is InChI=1S/C16H19NO6S2/c1-10(18)24-9-14(19)17-11(16(20)21)8-25-15(17)7-23-13-6-4-3-5-12(13)22-2/h3-6,11,15H,7-9H2,1-2H3,(H,20,21). The number of aliphatic carboxylic acids is 1. The molecule has 0 bridgehead atoms. The molecule has 1 heterocycles. The van der Waals surface area contributed by atoms with Gasteiger partial charge in [0, 0.05) is 12.7 Å². The summed E-state index contributed by atoms with van der Waals surface area (Å²) in [6.45, 7) is 1.50. The van der Waals surface area contributed by atoms with Gasteiger partial charge in [0.05, 0.1) is 12.9 Å². The van der Waals surface area contributed by atoms with Crippen molar-refractivity contribution in [3.63, 3.8) is 0 Å². The molecule has 0 aliphatic carbocycles. The zero-order chi connectivity index (χ0) is 18.4. The van der Waals surface area contributed by atoms with Gasteiger partial charge in [0.1, 0.15) is 18.0 Å². The number of amides is 1. The van der Waals surface area contributed by atoms with Crippen LogP contribution in [0.25, 0.3) is 0 Å². The minimum absolute atomic E-state index is 0.0785. The van der Waals surface area contributed by atoms with Crippen molar-refractivity contribution in [1.29, 1.82) is 0 Å². The molecule has 9 heteroatoms. The number of carboxylic acids is 1. The van der Waals surface area contributed by atoms with Crippen molar-refractivity contribution in [1.82, 2.24) is 4.90 Å². The number of hydrogen-bond acceptors (Lipinski definition) is 7. The summed E-state index contributed by atoms with van der Waals surface area (Å²) in [6.07, 6.45) is 0. The number of benzene rings is 1. The lowest BCUT2D eigenvalue weighted by Crippen LogP contribution is -2.48. The van der Waals surface area contributed by atoms with Crippen LogP contribution in [-0.2, 0) is 14.4 Å². The summed E-state index contributed by atoms with van der Waals surface area (Å²) < 4.78 is 11.0. The molecule has 1 aromatic carbocycles. The second-order valence-corrected chi connectivity index (χ2v) is 7.55. The maximum Gasteiger partial charge on any atom is 0.327 e. The van der Waals surface area contributed by atoms with E-state index in [4.69, 9.17) is 9.47 Å². The maximum absolute atomic E-state index is 12.4. The van der Waals surface area contributed by atoms with Gasteiger partial charge in [-0.1, -0.05) is 23.9 Å². The van der Waals surface area contributed by atoms with E-state index in [9.17, 15) is 19.5 Å². The molecule has 0 aromatic heterocycles. The van der Waals surface area contributed by atoms with Crippen LogP contribution < -0.4 is 9.47 Å². The first-order valence-corrected chi connectivity index (χ1v) is 9.52. The Morgan fingerprint density at radius 1 is 1.32 bits per heavy atom. The summed E-state index contributed by atoms with van der Waals surface area (Å²) in [5, 5.41) is 8.73. The molecule has 2 rings (SSSR count). The summed E-state index contributed by atoms with van der Waals surface area (Å²) in [4.78, 5) is 36.2. The number of methoxy groups -OCH3 is 1. The van der Waals surface area contributed by atoms with Gasteiger partial charge in [0.25, 0.3) is 0 Å². The van der Waals surface area contributed by atoms with Crippen molar-refractivity contribution in [2.45, 2.75) is 18.3 Å². The molecule has 2 atom stereocenters. The molecule has 0 spiro atoms. The van der Waals surface area contributed by atoms with Crippen molar-refractivity contribution < 1.29 is 29.0 Å². The van der Waals surface area contributed by atoms with E-state index in [0.717, 1.165) is 11.8 Å². The minimum Gasteiger partial charge on any atom is -0.493 e. The molecule has 136 valence electrons. The SMILES string of the molecule is COc1ccccc1OCC1SCC(C(=O)O)N1C(=O)CSC(C)=O. The highest BCUT2D eigenvalue weighted by molar-refractivity contribution is 8.14. The monoisotopic (exact) mass is 385 g/mol. The number of thioether (sulfide) groups is 2. The summed E-state index contributed by atoms with van der Waals surface area (Å²) in [5.74, 6) is -0.156. The van der Waals surface area contributed by atoms with E-state index in [0.29, 0.717) is 11.5 Å². The molecule has 0 saturated carbocycles. The quantitative estimate of drug-likeness (QED) is 0.758. The normalized spacial score (nSPS) is 19.5. The van der Waals surface area contributed by atoms with Crippen molar-refractivity contribution in [3.05, 3.63) is 24.3 Å². The highest BCUT2D eigenvalue weighted by Crippen LogP contribution is 2.32. The highest BCUT2D eigenvalue weighted by Gasteiger charge is 2.42. The molecule has 1 saturated heterocycles. The van der Waals surface area contributed by atoms with Gasteiger partial charge in [-0.3, -0.25) is 9.59 Å². The lowest BCUT2D eigenvalue weighted by molar-refractivity contribution is -0.148. The Morgan fingerprint density at radius 3 is 2.60 bits per heavy atom. The first-order chi connectivity index (χ1) is 11.9. The Hall–Kier alpha value is -1.87. The van der Waals surface area contributed by atoms with Gasteiger partial charge >= 0.3 is 5.97 Å². The molecule has 1 amide bonds. The molecule has 0 radical (unpaired) electrons. The molecular formula is C16H19NO6S2. The zero-order valence-electron chi connectivity index (χ0n) is 13.8. The largest absolute Gasteiger partial charge is 0.493 e. The maximum atomic E-state index is 12.4. The Kier molecular flexibility index (Phi) is 7.01. The lowest BCUT2D eigenvalue weighted by atomic mass is 10.3. The van der Waals surface area contributed by atoms with E-state index >= 15 is 0 Å². The first kappa shape index (κ1) is 19.5. The second-order valence-electron chi connectivity index (χ2n) is 5.19. The topological polar surface area (TPSA) is 93.1 Å². The van der Waals surface area contributed by atoms with Crippen molar-refractivity contribution in [3.8, 4) is 11.5 Å². The number of hydrogen-bond donors (Lipinski definition) is 1. The predicted molar refractivity (Wildman–Crippen MR) is 96.1 cm³/mol. The fourth-order valence-corrected chi connectivity index (χ4v) is 4.13. The summed E-state index contributed by atoms with van der Waals surface area (Å²) in [5.41, 5.74) is 0. The molecule has 1 aliphatic rings. The Balaban J connectivity index is 2.07. The smallest absolute Gasteiger partial charge is 0.327 e. The fraction of sp³-hybridized carbons (Fsp3) is 0.438. The average molecular weight is 385 g/mol. The van der Waals surface area contributed by atoms with Gasteiger partial charge < -0.3 is 19.5 Å². The third-order valence-corrected chi connectivity index (χ3v) is 5.57. The van der Waals surface area contributed by atoms with Crippen molar-refractivity contribution in [2.24, 2.45) is 0 Å². The van der Waals surface area contributed by atoms with E-state index < -0.39 is 17.4 Å². The minimum atomic E-state index is -1.06. The summed E-state index contributed by atoms with van der Waals surface area (Å²) in [7, 11) is 1.53. The molecular weight excluding hydrogens is 366 g/mol. The Morgan fingerprint density at radius 2 is 2.00 bits per heavy atom. The number of carbonyl (C=O) groups is 3. The van der Waals surface area contributed by atoms with Crippen LogP contribution in [0.2, 0.25) is 0 Å². The number of carbonyl (C=O) groups excluding carboxylic acids is 2. The average Bonchev–Trinajstić information content (AvgIpc) is 3.02. The van der Waals surface area contributed by atoms with Crippen molar-refractivity contribution in [2.75, 3.05) is 25.2 Å². The molecule has 1 aromatic rings. The Bertz CT molecular complexity index is 653. The summed E-state index contributed by atoms with van der Waals surface area (Å²) >= 11 is 2.22. The van der Waals surface area contributed by atoms with Gasteiger partial charge in [0.15, 0.2) is 16.6 Å². The van der Waals surface area contributed by atoms with Crippen LogP contribution in [-0.4, -0.2) is 63.6 Å². The Labute approximate surface area is 154 Å². The van der Waals surface area contributed by atoms with Crippen LogP contribution in [0, 0.1) is 0 Å². The van der Waals surface area contributed by atoms with Crippen LogP contribution in [0.5, 0.6) is 11.5 Å². The third-order valence-electron chi connectivity index (χ3n) is 3.51. The van der Waals surface area contributed by atoms with E-state index in [1.807, 2.05) is 6.07 Å². The molecule has 2 unspecified atom stereocenters. The fourth-order valence-electron chi connectivity index (χ4n) is 2.35. The van der Waals surface area contributed by atoms with E-state index in [-0.39, 0.29) is 29.1 Å². The summed E-state index contributed by atoms with van der Waals surface area (Å²) in [6, 6.07) is 6.18. The van der Waals surface area contributed by atoms with Crippen LogP contribution in [0.4, 0.5) is 0 Å². The molecule has 25 heavy (non-hydrogen) atoms. The molecule has 7 nitrogen and oxygen atoms in total. The number of carboxylic acid groups (broad SMARTS) is 1. The van der Waals surface area contributed by atoms with Crippen LogP contribution in [0.3, 0.4) is 0 Å². The number of para-hydroxylation sites is 2. The molecule has 1 aliphatic heterocycles. The lowest BCUT2D eigenvalue weighted by Gasteiger charge is -2.27. The van der Waals surface area contributed by atoms with E-state index in [1.54, 1.807) is 18.2 Å². The van der Waals surface area contributed by atoms with Gasteiger partial charge in [-0.25, -0.2) is 4.79 Å². The predicted octanol–water partition coefficient (Wildman–Crippen LogP) is 1.71. The molecule has 1 N–H and O–H groups in total. The molecule has 1 fully saturated rings. The third kappa shape index (κ3) is 5.05. The van der Waals surface area contributed by atoms with Crippen LogP contribution in [0.15, 0.2) is 24.3 Å². The number of rotatable bonds is 7.